The Labute approximate surface area is 120 Å². The summed E-state index contributed by atoms with van der Waals surface area (Å²) in [6, 6.07) is 3.03. The van der Waals surface area contributed by atoms with E-state index in [0.29, 0.717) is 24.0 Å². The van der Waals surface area contributed by atoms with Gasteiger partial charge < -0.3 is 14.6 Å². The molecule has 0 amide bonds. The highest BCUT2D eigenvalue weighted by Gasteiger charge is 2.21. The van der Waals surface area contributed by atoms with Crippen LogP contribution in [0.4, 0.5) is 8.78 Å². The molecule has 0 spiro atoms. The normalized spacial score (nSPS) is 14.4. The van der Waals surface area contributed by atoms with Crippen LogP contribution in [0.2, 0.25) is 0 Å². The van der Waals surface area contributed by atoms with Gasteiger partial charge in [0.1, 0.15) is 0 Å². The van der Waals surface area contributed by atoms with E-state index in [2.05, 4.69) is 15.5 Å². The number of hydrogen-bond acceptors (Lipinski definition) is 5. The number of aromatic nitrogens is 2. The van der Waals surface area contributed by atoms with Crippen molar-refractivity contribution in [3.8, 4) is 5.75 Å². The predicted octanol–water partition coefficient (Wildman–Crippen LogP) is 2.49. The number of benzene rings is 1. The summed E-state index contributed by atoms with van der Waals surface area (Å²) >= 11 is 0. The lowest BCUT2D eigenvalue weighted by atomic mass is 10.2. The minimum Gasteiger partial charge on any atom is -0.479 e. The second-order valence-electron chi connectivity index (χ2n) is 5.06. The van der Waals surface area contributed by atoms with Crippen molar-refractivity contribution in [1.82, 2.24) is 15.5 Å². The fourth-order valence-corrected chi connectivity index (χ4v) is 1.94. The first-order valence-electron chi connectivity index (χ1n) is 6.75. The van der Waals surface area contributed by atoms with Gasteiger partial charge in [-0.3, -0.25) is 0 Å². The SMILES string of the molecule is Cc1nc(COc2c(F)cc(CNC3CC3)cc2F)no1. The molecule has 5 nitrogen and oxygen atoms in total. The van der Waals surface area contributed by atoms with E-state index in [1.807, 2.05) is 0 Å². The molecule has 1 heterocycles. The first-order valence-corrected chi connectivity index (χ1v) is 6.75. The smallest absolute Gasteiger partial charge is 0.223 e. The Bertz CT molecular complexity index is 618. The Balaban J connectivity index is 1.66. The second kappa shape index (κ2) is 5.77. The number of halogens is 2. The quantitative estimate of drug-likeness (QED) is 0.887. The van der Waals surface area contributed by atoms with Crippen molar-refractivity contribution in [3.63, 3.8) is 0 Å². The number of hydrogen-bond donors (Lipinski definition) is 1. The number of nitrogens with one attached hydrogen (secondary N) is 1. The number of aryl methyl sites for hydroxylation is 1. The van der Waals surface area contributed by atoms with Crippen LogP contribution in [0, 0.1) is 18.6 Å². The van der Waals surface area contributed by atoms with Gasteiger partial charge >= 0.3 is 0 Å². The second-order valence-corrected chi connectivity index (χ2v) is 5.06. The lowest BCUT2D eigenvalue weighted by Crippen LogP contribution is -2.15. The van der Waals surface area contributed by atoms with Crippen LogP contribution in [0.15, 0.2) is 16.7 Å². The molecule has 2 aromatic rings. The highest BCUT2D eigenvalue weighted by Crippen LogP contribution is 2.25. The van der Waals surface area contributed by atoms with Crippen molar-refractivity contribution in [3.05, 3.63) is 41.0 Å². The molecule has 7 heteroatoms. The maximum Gasteiger partial charge on any atom is 0.223 e. The zero-order valence-corrected chi connectivity index (χ0v) is 11.5. The van der Waals surface area contributed by atoms with Gasteiger partial charge in [-0.05, 0) is 30.5 Å². The molecule has 0 bridgehead atoms. The van der Waals surface area contributed by atoms with Gasteiger partial charge in [-0.1, -0.05) is 5.16 Å². The Kier molecular flexibility index (Phi) is 3.83. The number of nitrogens with zero attached hydrogens (tertiary/aromatic N) is 2. The van der Waals surface area contributed by atoms with Crippen LogP contribution in [-0.2, 0) is 13.2 Å². The fraction of sp³-hybridized carbons (Fsp3) is 0.429. The third kappa shape index (κ3) is 3.55. The lowest BCUT2D eigenvalue weighted by molar-refractivity contribution is 0.259. The lowest BCUT2D eigenvalue weighted by Gasteiger charge is -2.09. The highest BCUT2D eigenvalue weighted by molar-refractivity contribution is 5.31. The largest absolute Gasteiger partial charge is 0.479 e. The molecular formula is C14H15F2N3O2. The van der Waals surface area contributed by atoms with Crippen molar-refractivity contribution < 1.29 is 18.0 Å². The molecule has 0 saturated heterocycles. The molecule has 1 aliphatic rings. The molecule has 0 unspecified atom stereocenters. The highest BCUT2D eigenvalue weighted by atomic mass is 19.1. The maximum atomic E-state index is 13.9. The van der Waals surface area contributed by atoms with Gasteiger partial charge in [0.2, 0.25) is 11.7 Å². The van der Waals surface area contributed by atoms with Gasteiger partial charge in [0.15, 0.2) is 24.0 Å². The van der Waals surface area contributed by atoms with Crippen LogP contribution in [-0.4, -0.2) is 16.2 Å². The summed E-state index contributed by atoms with van der Waals surface area (Å²) in [6.07, 6.45) is 2.24. The van der Waals surface area contributed by atoms with Crippen LogP contribution in [0.3, 0.4) is 0 Å². The van der Waals surface area contributed by atoms with E-state index in [9.17, 15) is 8.78 Å². The van der Waals surface area contributed by atoms with Gasteiger partial charge in [-0.25, -0.2) is 8.78 Å². The fourth-order valence-electron chi connectivity index (χ4n) is 1.94. The molecule has 1 aromatic carbocycles. The molecule has 21 heavy (non-hydrogen) atoms. The molecular weight excluding hydrogens is 280 g/mol. The average Bonchev–Trinajstić information content (AvgIpc) is 3.17. The minimum absolute atomic E-state index is 0.148. The van der Waals surface area contributed by atoms with Crippen molar-refractivity contribution in [2.24, 2.45) is 0 Å². The summed E-state index contributed by atoms with van der Waals surface area (Å²) in [6.45, 7) is 1.92. The van der Waals surface area contributed by atoms with Crippen molar-refractivity contribution in [2.45, 2.75) is 39.0 Å². The summed E-state index contributed by atoms with van der Waals surface area (Å²) in [5, 5.41) is 6.80. The zero-order chi connectivity index (χ0) is 14.8. The Morgan fingerprint density at radius 2 is 2.05 bits per heavy atom. The Morgan fingerprint density at radius 1 is 1.33 bits per heavy atom. The van der Waals surface area contributed by atoms with E-state index in [4.69, 9.17) is 9.26 Å². The van der Waals surface area contributed by atoms with Gasteiger partial charge in [-0.15, -0.1) is 0 Å². The summed E-state index contributed by atoms with van der Waals surface area (Å²) < 4.78 is 37.7. The van der Waals surface area contributed by atoms with Crippen molar-refractivity contribution >= 4 is 0 Å². The molecule has 1 aliphatic carbocycles. The summed E-state index contributed by atoms with van der Waals surface area (Å²) in [7, 11) is 0. The van der Waals surface area contributed by atoms with E-state index >= 15 is 0 Å². The molecule has 1 N–H and O–H groups in total. The maximum absolute atomic E-state index is 13.9. The van der Waals surface area contributed by atoms with Gasteiger partial charge in [0.05, 0.1) is 0 Å². The number of ether oxygens (including phenoxy) is 1. The van der Waals surface area contributed by atoms with Crippen LogP contribution < -0.4 is 10.1 Å². The molecule has 3 rings (SSSR count). The van der Waals surface area contributed by atoms with Crippen LogP contribution in [0.1, 0.15) is 30.1 Å². The van der Waals surface area contributed by atoms with Gasteiger partial charge in [0, 0.05) is 19.5 Å². The van der Waals surface area contributed by atoms with Gasteiger partial charge in [-0.2, -0.15) is 4.98 Å². The topological polar surface area (TPSA) is 60.2 Å². The van der Waals surface area contributed by atoms with E-state index in [-0.39, 0.29) is 12.4 Å². The molecule has 0 atom stereocenters. The molecule has 1 fully saturated rings. The molecule has 1 aromatic heterocycles. The summed E-state index contributed by atoms with van der Waals surface area (Å²) in [5.41, 5.74) is 0.555. The van der Waals surface area contributed by atoms with E-state index in [1.54, 1.807) is 6.92 Å². The van der Waals surface area contributed by atoms with Crippen molar-refractivity contribution in [1.29, 1.82) is 0 Å². The number of rotatable bonds is 6. The van der Waals surface area contributed by atoms with Crippen LogP contribution in [0.5, 0.6) is 5.75 Å². The first-order chi connectivity index (χ1) is 10.1. The Morgan fingerprint density at radius 3 is 2.62 bits per heavy atom. The molecule has 1 saturated carbocycles. The monoisotopic (exact) mass is 295 g/mol. The zero-order valence-electron chi connectivity index (χ0n) is 11.5. The molecule has 0 radical (unpaired) electrons. The van der Waals surface area contributed by atoms with Crippen molar-refractivity contribution in [2.75, 3.05) is 0 Å². The van der Waals surface area contributed by atoms with E-state index < -0.39 is 17.4 Å². The Hall–Kier alpha value is -2.02. The first kappa shape index (κ1) is 13.9. The van der Waals surface area contributed by atoms with Crippen LogP contribution in [0.25, 0.3) is 0 Å². The van der Waals surface area contributed by atoms with Gasteiger partial charge in [0.25, 0.3) is 0 Å². The molecule has 112 valence electrons. The van der Waals surface area contributed by atoms with E-state index in [0.717, 1.165) is 12.8 Å². The van der Waals surface area contributed by atoms with Crippen LogP contribution >= 0.6 is 0 Å². The third-order valence-electron chi connectivity index (χ3n) is 3.15. The summed E-state index contributed by atoms with van der Waals surface area (Å²) in [5.74, 6) is -1.28. The van der Waals surface area contributed by atoms with E-state index in [1.165, 1.54) is 12.1 Å². The molecule has 0 aliphatic heterocycles. The predicted molar refractivity (Wildman–Crippen MR) is 69.6 cm³/mol. The standard InChI is InChI=1S/C14H15F2N3O2/c1-8-18-13(19-21-8)7-20-14-11(15)4-9(5-12(14)16)6-17-10-2-3-10/h4-5,10,17H,2-3,6-7H2,1H3. The third-order valence-corrected chi connectivity index (χ3v) is 3.15. The minimum atomic E-state index is -0.734. The average molecular weight is 295 g/mol. The summed E-state index contributed by atoms with van der Waals surface area (Å²) in [4.78, 5) is 3.90.